The van der Waals surface area contributed by atoms with E-state index in [1.807, 2.05) is 6.07 Å². The second-order valence-electron chi connectivity index (χ2n) is 5.73. The minimum absolute atomic E-state index is 0.234. The number of aliphatic carboxylic acids is 1. The van der Waals surface area contributed by atoms with E-state index in [-0.39, 0.29) is 6.04 Å². The van der Waals surface area contributed by atoms with Crippen LogP contribution in [0.2, 0.25) is 0 Å². The molecule has 0 heterocycles. The van der Waals surface area contributed by atoms with E-state index in [0.717, 1.165) is 18.4 Å². The second kappa shape index (κ2) is 6.20. The Hall–Kier alpha value is -1.35. The number of carbonyl (C=O) groups is 1. The van der Waals surface area contributed by atoms with Crippen molar-refractivity contribution < 1.29 is 9.90 Å². The Kier molecular flexibility index (Phi) is 5.12. The van der Waals surface area contributed by atoms with E-state index in [9.17, 15) is 4.79 Å². The van der Waals surface area contributed by atoms with Gasteiger partial charge >= 0.3 is 5.97 Å². The fourth-order valence-electron chi connectivity index (χ4n) is 2.31. The van der Waals surface area contributed by atoms with Gasteiger partial charge in [-0.25, -0.2) is 0 Å². The van der Waals surface area contributed by atoms with E-state index in [1.165, 1.54) is 11.1 Å². The number of nitrogens with two attached hydrogens (primary N) is 1. The SMILES string of the molecule is CCc1ccc(C(N)CC(C)(C)C(=O)O)cc1CC. The Morgan fingerprint density at radius 1 is 1.26 bits per heavy atom. The number of hydrogen-bond acceptors (Lipinski definition) is 2. The van der Waals surface area contributed by atoms with Gasteiger partial charge in [0.1, 0.15) is 0 Å². The summed E-state index contributed by atoms with van der Waals surface area (Å²) in [6, 6.07) is 6.03. The average Bonchev–Trinajstić information content (AvgIpc) is 2.37. The molecule has 106 valence electrons. The van der Waals surface area contributed by atoms with Gasteiger partial charge in [0, 0.05) is 6.04 Å². The van der Waals surface area contributed by atoms with Crippen LogP contribution in [-0.2, 0) is 17.6 Å². The van der Waals surface area contributed by atoms with Gasteiger partial charge in [-0.3, -0.25) is 4.79 Å². The van der Waals surface area contributed by atoms with Crippen LogP contribution < -0.4 is 5.73 Å². The van der Waals surface area contributed by atoms with Crippen LogP contribution in [0.3, 0.4) is 0 Å². The van der Waals surface area contributed by atoms with Crippen LogP contribution in [0, 0.1) is 5.41 Å². The van der Waals surface area contributed by atoms with Crippen LogP contribution in [0.5, 0.6) is 0 Å². The molecule has 3 heteroatoms. The summed E-state index contributed by atoms with van der Waals surface area (Å²) in [4.78, 5) is 11.2. The molecule has 0 spiro atoms. The lowest BCUT2D eigenvalue weighted by molar-refractivity contribution is -0.147. The fourth-order valence-corrected chi connectivity index (χ4v) is 2.31. The highest BCUT2D eigenvalue weighted by atomic mass is 16.4. The zero-order chi connectivity index (χ0) is 14.6. The maximum absolute atomic E-state index is 11.2. The molecule has 19 heavy (non-hydrogen) atoms. The van der Waals surface area contributed by atoms with E-state index >= 15 is 0 Å². The molecule has 0 amide bonds. The quantitative estimate of drug-likeness (QED) is 0.827. The number of aryl methyl sites for hydroxylation is 2. The summed E-state index contributed by atoms with van der Waals surface area (Å²) in [7, 11) is 0. The normalized spacial score (nSPS) is 13.3. The predicted molar refractivity (Wildman–Crippen MR) is 78.2 cm³/mol. The van der Waals surface area contributed by atoms with Gasteiger partial charge in [0.25, 0.3) is 0 Å². The van der Waals surface area contributed by atoms with Gasteiger partial charge in [-0.1, -0.05) is 32.0 Å². The van der Waals surface area contributed by atoms with Crippen molar-refractivity contribution in [2.75, 3.05) is 0 Å². The Morgan fingerprint density at radius 3 is 2.32 bits per heavy atom. The second-order valence-corrected chi connectivity index (χ2v) is 5.73. The molecule has 1 rings (SSSR count). The highest BCUT2D eigenvalue weighted by molar-refractivity contribution is 5.73. The van der Waals surface area contributed by atoms with Crippen molar-refractivity contribution in [1.82, 2.24) is 0 Å². The molecule has 0 radical (unpaired) electrons. The molecular formula is C16H25NO2. The third-order valence-electron chi connectivity index (χ3n) is 3.73. The summed E-state index contributed by atoms with van der Waals surface area (Å²) >= 11 is 0. The third-order valence-corrected chi connectivity index (χ3v) is 3.73. The molecule has 0 fully saturated rings. The molecule has 0 bridgehead atoms. The monoisotopic (exact) mass is 263 g/mol. The van der Waals surface area contributed by atoms with Gasteiger partial charge in [-0.2, -0.15) is 0 Å². The summed E-state index contributed by atoms with van der Waals surface area (Å²) in [5.41, 5.74) is 9.06. The van der Waals surface area contributed by atoms with Gasteiger partial charge in [-0.15, -0.1) is 0 Å². The summed E-state index contributed by atoms with van der Waals surface area (Å²) < 4.78 is 0. The van der Waals surface area contributed by atoms with Crippen molar-refractivity contribution >= 4 is 5.97 Å². The molecule has 0 saturated heterocycles. The number of benzene rings is 1. The molecule has 1 aromatic rings. The Balaban J connectivity index is 2.94. The van der Waals surface area contributed by atoms with E-state index in [2.05, 4.69) is 26.0 Å². The largest absolute Gasteiger partial charge is 0.481 e. The highest BCUT2D eigenvalue weighted by Gasteiger charge is 2.30. The molecule has 3 nitrogen and oxygen atoms in total. The minimum atomic E-state index is -0.802. The lowest BCUT2D eigenvalue weighted by atomic mass is 9.83. The van der Waals surface area contributed by atoms with Crippen molar-refractivity contribution in [3.63, 3.8) is 0 Å². The first-order chi connectivity index (χ1) is 8.81. The van der Waals surface area contributed by atoms with E-state index in [0.29, 0.717) is 6.42 Å². The zero-order valence-corrected chi connectivity index (χ0v) is 12.4. The summed E-state index contributed by atoms with van der Waals surface area (Å²) in [6.07, 6.45) is 2.43. The third kappa shape index (κ3) is 3.80. The molecule has 0 aromatic heterocycles. The van der Waals surface area contributed by atoms with E-state index in [1.54, 1.807) is 13.8 Å². The van der Waals surface area contributed by atoms with Gasteiger partial charge in [0.2, 0.25) is 0 Å². The Labute approximate surface area is 115 Å². The molecule has 1 aromatic carbocycles. The maximum Gasteiger partial charge on any atom is 0.309 e. The molecule has 0 saturated carbocycles. The van der Waals surface area contributed by atoms with Crippen molar-refractivity contribution in [3.8, 4) is 0 Å². The molecule has 0 aliphatic heterocycles. The summed E-state index contributed by atoms with van der Waals surface area (Å²) in [5, 5.41) is 9.16. The first-order valence-corrected chi connectivity index (χ1v) is 6.92. The maximum atomic E-state index is 11.2. The average molecular weight is 263 g/mol. The van der Waals surface area contributed by atoms with Gasteiger partial charge in [-0.05, 0) is 49.8 Å². The summed E-state index contributed by atoms with van der Waals surface area (Å²) in [5.74, 6) is -0.802. The van der Waals surface area contributed by atoms with Crippen molar-refractivity contribution in [1.29, 1.82) is 0 Å². The molecular weight excluding hydrogens is 238 g/mol. The topological polar surface area (TPSA) is 63.3 Å². The first-order valence-electron chi connectivity index (χ1n) is 6.92. The fraction of sp³-hybridized carbons (Fsp3) is 0.562. The lowest BCUT2D eigenvalue weighted by Crippen LogP contribution is -2.29. The minimum Gasteiger partial charge on any atom is -0.481 e. The first kappa shape index (κ1) is 15.7. The Morgan fingerprint density at radius 2 is 1.84 bits per heavy atom. The summed E-state index contributed by atoms with van der Waals surface area (Å²) in [6.45, 7) is 7.71. The van der Waals surface area contributed by atoms with Crippen molar-refractivity contribution in [2.45, 2.75) is 53.0 Å². The highest BCUT2D eigenvalue weighted by Crippen LogP contribution is 2.29. The van der Waals surface area contributed by atoms with Crippen LogP contribution in [0.25, 0.3) is 0 Å². The van der Waals surface area contributed by atoms with Gasteiger partial charge < -0.3 is 10.8 Å². The number of rotatable bonds is 6. The molecule has 0 aliphatic rings. The van der Waals surface area contributed by atoms with E-state index in [4.69, 9.17) is 10.8 Å². The van der Waals surface area contributed by atoms with Crippen LogP contribution in [0.4, 0.5) is 0 Å². The van der Waals surface area contributed by atoms with Crippen molar-refractivity contribution in [3.05, 3.63) is 34.9 Å². The van der Waals surface area contributed by atoms with Crippen LogP contribution in [-0.4, -0.2) is 11.1 Å². The smallest absolute Gasteiger partial charge is 0.309 e. The number of carboxylic acids is 1. The molecule has 3 N–H and O–H groups in total. The lowest BCUT2D eigenvalue weighted by Gasteiger charge is -2.24. The van der Waals surface area contributed by atoms with Crippen LogP contribution >= 0.6 is 0 Å². The molecule has 1 atom stereocenters. The van der Waals surface area contributed by atoms with Gasteiger partial charge in [0.15, 0.2) is 0 Å². The van der Waals surface area contributed by atoms with Crippen molar-refractivity contribution in [2.24, 2.45) is 11.1 Å². The standard InChI is InChI=1S/C16H25NO2/c1-5-11-7-8-13(9-12(11)6-2)14(17)10-16(3,4)15(18)19/h7-9,14H,5-6,10,17H2,1-4H3,(H,18,19). The van der Waals surface area contributed by atoms with Crippen LogP contribution in [0.15, 0.2) is 18.2 Å². The predicted octanol–water partition coefficient (Wildman–Crippen LogP) is 3.31. The van der Waals surface area contributed by atoms with Gasteiger partial charge in [0.05, 0.1) is 5.41 Å². The number of hydrogen-bond donors (Lipinski definition) is 2. The molecule has 1 unspecified atom stereocenters. The van der Waals surface area contributed by atoms with E-state index < -0.39 is 11.4 Å². The molecule has 0 aliphatic carbocycles. The Bertz CT molecular complexity index is 452. The number of carboxylic acid groups (broad SMARTS) is 1. The van der Waals surface area contributed by atoms with Crippen LogP contribution in [0.1, 0.15) is 56.8 Å². The zero-order valence-electron chi connectivity index (χ0n) is 12.4.